The van der Waals surface area contributed by atoms with Crippen LogP contribution in [0, 0.1) is 0 Å². The Morgan fingerprint density at radius 3 is 2.47 bits per heavy atom. The van der Waals surface area contributed by atoms with Crippen molar-refractivity contribution < 1.29 is 14.8 Å². The molecule has 0 aliphatic heterocycles. The second kappa shape index (κ2) is 6.22. The van der Waals surface area contributed by atoms with E-state index in [-0.39, 0.29) is 5.56 Å². The summed E-state index contributed by atoms with van der Waals surface area (Å²) in [6, 6.07) is 11.4. The fourth-order valence-electron chi connectivity index (χ4n) is 1.64. The number of hydrogen-bond donors (Lipinski definition) is 2. The van der Waals surface area contributed by atoms with E-state index in [1.165, 1.54) is 6.07 Å². The van der Waals surface area contributed by atoms with Crippen molar-refractivity contribution in [2.75, 3.05) is 6.61 Å². The summed E-state index contributed by atoms with van der Waals surface area (Å²) < 4.78 is 7.04. The third-order valence-corrected chi connectivity index (χ3v) is 2.68. The molecule has 0 aliphatic carbocycles. The van der Waals surface area contributed by atoms with Gasteiger partial charge in [-0.2, -0.15) is 0 Å². The molecule has 2 N–H and O–H groups in total. The molecule has 0 saturated heterocycles. The molecular weight excluding hydrogens is 245 g/mol. The maximum atomic E-state index is 11.4. The number of benzene rings is 1. The summed E-state index contributed by atoms with van der Waals surface area (Å²) in [6.07, 6.45) is 1.71. The predicted octanol–water partition coefficient (Wildman–Crippen LogP) is -0.393. The average Bonchev–Trinajstić information content (AvgIpc) is 2.41. The van der Waals surface area contributed by atoms with Gasteiger partial charge >= 0.3 is 7.12 Å². The van der Waals surface area contributed by atoms with Crippen LogP contribution in [0.25, 0.3) is 0 Å². The number of aromatic nitrogens is 1. The van der Waals surface area contributed by atoms with Crippen LogP contribution < -0.4 is 15.8 Å². The summed E-state index contributed by atoms with van der Waals surface area (Å²) in [4.78, 5) is 11.4. The second-order valence-electron chi connectivity index (χ2n) is 4.02. The molecule has 0 amide bonds. The molecular formula is C13H14BNO4. The van der Waals surface area contributed by atoms with Crippen molar-refractivity contribution >= 4 is 12.6 Å². The Labute approximate surface area is 110 Å². The SMILES string of the molecule is O=c1ccccn1CCOc1ccc(B(O)O)cc1. The van der Waals surface area contributed by atoms with Crippen molar-refractivity contribution in [3.05, 3.63) is 59.0 Å². The van der Waals surface area contributed by atoms with Gasteiger partial charge in [0.2, 0.25) is 0 Å². The Kier molecular flexibility index (Phi) is 4.38. The zero-order valence-corrected chi connectivity index (χ0v) is 10.3. The molecule has 0 saturated carbocycles. The van der Waals surface area contributed by atoms with Crippen LogP contribution in [-0.2, 0) is 6.54 Å². The number of rotatable bonds is 5. The van der Waals surface area contributed by atoms with Crippen molar-refractivity contribution in [3.8, 4) is 5.75 Å². The summed E-state index contributed by atoms with van der Waals surface area (Å²) >= 11 is 0. The lowest BCUT2D eigenvalue weighted by Gasteiger charge is -2.08. The molecule has 1 heterocycles. The van der Waals surface area contributed by atoms with E-state index < -0.39 is 7.12 Å². The van der Waals surface area contributed by atoms with E-state index in [0.29, 0.717) is 24.4 Å². The maximum Gasteiger partial charge on any atom is 0.488 e. The van der Waals surface area contributed by atoms with Crippen molar-refractivity contribution in [2.24, 2.45) is 0 Å². The van der Waals surface area contributed by atoms with E-state index in [4.69, 9.17) is 14.8 Å². The van der Waals surface area contributed by atoms with Gasteiger partial charge in [0.25, 0.3) is 5.56 Å². The van der Waals surface area contributed by atoms with Gasteiger partial charge in [-0.3, -0.25) is 4.79 Å². The van der Waals surface area contributed by atoms with Gasteiger partial charge < -0.3 is 19.4 Å². The molecule has 0 spiro atoms. The minimum Gasteiger partial charge on any atom is -0.492 e. The quantitative estimate of drug-likeness (QED) is 0.717. The standard InChI is InChI=1S/C13H14BNO4/c16-13-3-1-2-8-15(13)9-10-19-12-6-4-11(5-7-12)14(17)18/h1-8,17-18H,9-10H2. The first kappa shape index (κ1) is 13.4. The van der Waals surface area contributed by atoms with Crippen LogP contribution in [0.1, 0.15) is 0 Å². The number of hydrogen-bond acceptors (Lipinski definition) is 4. The van der Waals surface area contributed by atoms with Gasteiger partial charge in [-0.05, 0) is 23.7 Å². The molecule has 0 fully saturated rings. The van der Waals surface area contributed by atoms with Crippen LogP contribution in [0.2, 0.25) is 0 Å². The minimum atomic E-state index is -1.48. The van der Waals surface area contributed by atoms with Crippen LogP contribution in [-0.4, -0.2) is 28.3 Å². The van der Waals surface area contributed by atoms with E-state index in [1.54, 1.807) is 47.2 Å². The molecule has 98 valence electrons. The molecule has 0 aliphatic rings. The maximum absolute atomic E-state index is 11.4. The van der Waals surface area contributed by atoms with Crippen molar-refractivity contribution in [1.29, 1.82) is 0 Å². The average molecular weight is 259 g/mol. The summed E-state index contributed by atoms with van der Waals surface area (Å²) in [5, 5.41) is 17.9. The van der Waals surface area contributed by atoms with Crippen molar-refractivity contribution in [3.63, 3.8) is 0 Å². The lowest BCUT2D eigenvalue weighted by molar-refractivity contribution is 0.296. The van der Waals surface area contributed by atoms with Gasteiger partial charge in [0.15, 0.2) is 0 Å². The molecule has 1 aromatic heterocycles. The Morgan fingerprint density at radius 2 is 1.84 bits per heavy atom. The van der Waals surface area contributed by atoms with E-state index in [9.17, 15) is 4.79 Å². The zero-order valence-electron chi connectivity index (χ0n) is 10.3. The van der Waals surface area contributed by atoms with Gasteiger partial charge in [-0.25, -0.2) is 0 Å². The molecule has 0 unspecified atom stereocenters. The third-order valence-electron chi connectivity index (χ3n) is 2.68. The van der Waals surface area contributed by atoms with E-state index in [2.05, 4.69) is 0 Å². The van der Waals surface area contributed by atoms with E-state index in [0.717, 1.165) is 0 Å². The summed E-state index contributed by atoms with van der Waals surface area (Å²) in [7, 11) is -1.48. The largest absolute Gasteiger partial charge is 0.492 e. The van der Waals surface area contributed by atoms with Crippen molar-refractivity contribution in [2.45, 2.75) is 6.54 Å². The monoisotopic (exact) mass is 259 g/mol. The Morgan fingerprint density at radius 1 is 1.11 bits per heavy atom. The molecule has 5 nitrogen and oxygen atoms in total. The minimum absolute atomic E-state index is 0.0650. The third kappa shape index (κ3) is 3.71. The molecule has 6 heteroatoms. The molecule has 2 rings (SSSR count). The first-order valence-corrected chi connectivity index (χ1v) is 5.91. The highest BCUT2D eigenvalue weighted by atomic mass is 16.5. The van der Waals surface area contributed by atoms with Crippen LogP contribution in [0.15, 0.2) is 53.5 Å². The fraction of sp³-hybridized carbons (Fsp3) is 0.154. The normalized spacial score (nSPS) is 10.2. The molecule has 2 aromatic rings. The lowest BCUT2D eigenvalue weighted by Crippen LogP contribution is -2.29. The molecule has 19 heavy (non-hydrogen) atoms. The van der Waals surface area contributed by atoms with Crippen LogP contribution >= 0.6 is 0 Å². The van der Waals surface area contributed by atoms with Gasteiger partial charge in [-0.15, -0.1) is 0 Å². The van der Waals surface area contributed by atoms with Gasteiger partial charge in [0.05, 0.1) is 6.54 Å². The van der Waals surface area contributed by atoms with Crippen molar-refractivity contribution in [1.82, 2.24) is 4.57 Å². The summed E-state index contributed by atoms with van der Waals surface area (Å²) in [5.41, 5.74) is 0.344. The lowest BCUT2D eigenvalue weighted by atomic mass is 9.80. The Balaban J connectivity index is 1.89. The van der Waals surface area contributed by atoms with Crippen LogP contribution in [0.3, 0.4) is 0 Å². The highest BCUT2D eigenvalue weighted by molar-refractivity contribution is 6.58. The van der Waals surface area contributed by atoms with Crippen LogP contribution in [0.5, 0.6) is 5.75 Å². The van der Waals surface area contributed by atoms with E-state index in [1.807, 2.05) is 0 Å². The Hall–Kier alpha value is -2.05. The number of ether oxygens (including phenoxy) is 1. The summed E-state index contributed by atoms with van der Waals surface area (Å²) in [6.45, 7) is 0.828. The predicted molar refractivity (Wildman–Crippen MR) is 72.5 cm³/mol. The first-order chi connectivity index (χ1) is 9.16. The molecule has 0 radical (unpaired) electrons. The topological polar surface area (TPSA) is 71.7 Å². The second-order valence-corrected chi connectivity index (χ2v) is 4.02. The number of nitrogens with zero attached hydrogens (tertiary/aromatic N) is 1. The fourth-order valence-corrected chi connectivity index (χ4v) is 1.64. The zero-order chi connectivity index (χ0) is 13.7. The molecule has 1 aromatic carbocycles. The molecule has 0 bridgehead atoms. The number of pyridine rings is 1. The van der Waals surface area contributed by atoms with Crippen LogP contribution in [0.4, 0.5) is 0 Å². The van der Waals surface area contributed by atoms with E-state index >= 15 is 0 Å². The van der Waals surface area contributed by atoms with Gasteiger partial charge in [0.1, 0.15) is 12.4 Å². The molecule has 0 atom stereocenters. The van der Waals surface area contributed by atoms with Gasteiger partial charge in [0, 0.05) is 12.3 Å². The summed E-state index contributed by atoms with van der Waals surface area (Å²) in [5.74, 6) is 0.619. The smallest absolute Gasteiger partial charge is 0.488 e. The highest BCUT2D eigenvalue weighted by Gasteiger charge is 2.09. The van der Waals surface area contributed by atoms with Gasteiger partial charge in [-0.1, -0.05) is 18.2 Å². The highest BCUT2D eigenvalue weighted by Crippen LogP contribution is 2.07. The Bertz CT molecular complexity index is 580. The first-order valence-electron chi connectivity index (χ1n) is 5.91.